The second-order valence-electron chi connectivity index (χ2n) is 4.08. The molecule has 0 saturated carbocycles. The molecule has 2 heterocycles. The van der Waals surface area contributed by atoms with Crippen LogP contribution in [0.2, 0.25) is 0 Å². The van der Waals surface area contributed by atoms with Crippen LogP contribution in [0.25, 0.3) is 0 Å². The highest BCUT2D eigenvalue weighted by Gasteiger charge is 2.14. The van der Waals surface area contributed by atoms with Crippen molar-refractivity contribution in [3.63, 3.8) is 0 Å². The molecule has 0 atom stereocenters. The summed E-state index contributed by atoms with van der Waals surface area (Å²) in [5.41, 5.74) is 2.83. The highest BCUT2D eigenvalue weighted by atomic mass is 16.4. The van der Waals surface area contributed by atoms with Gasteiger partial charge in [0.2, 0.25) is 5.76 Å². The number of carbonyl (C=O) groups is 1. The van der Waals surface area contributed by atoms with Gasteiger partial charge in [-0.1, -0.05) is 0 Å². The normalized spacial score (nSPS) is 10.8. The summed E-state index contributed by atoms with van der Waals surface area (Å²) >= 11 is 0. The summed E-state index contributed by atoms with van der Waals surface area (Å²) in [4.78, 5) is 10.8. The van der Waals surface area contributed by atoms with Gasteiger partial charge in [0, 0.05) is 11.3 Å². The lowest BCUT2D eigenvalue weighted by molar-refractivity contribution is 0.0661. The van der Waals surface area contributed by atoms with Crippen LogP contribution in [0.15, 0.2) is 16.5 Å². The first-order chi connectivity index (χ1) is 7.97. The maximum Gasteiger partial charge on any atom is 0.371 e. The maximum atomic E-state index is 10.8. The molecule has 17 heavy (non-hydrogen) atoms. The Bertz CT molecular complexity index is 566. The molecule has 0 radical (unpaired) electrons. The molecule has 0 aromatic carbocycles. The summed E-state index contributed by atoms with van der Waals surface area (Å²) in [6.45, 7) is 6.18. The predicted octanol–water partition coefficient (Wildman–Crippen LogP) is 2.15. The SMILES string of the molecule is Cc1cc(C)n(Cc2cc(C(=O)O)oc2C)n1. The summed E-state index contributed by atoms with van der Waals surface area (Å²) in [6, 6.07) is 3.53. The molecule has 0 aliphatic heterocycles. The Morgan fingerprint density at radius 2 is 2.12 bits per heavy atom. The summed E-state index contributed by atoms with van der Waals surface area (Å²) in [6.07, 6.45) is 0. The fourth-order valence-corrected chi connectivity index (χ4v) is 1.78. The van der Waals surface area contributed by atoms with Crippen molar-refractivity contribution in [2.45, 2.75) is 27.3 Å². The molecule has 90 valence electrons. The lowest BCUT2D eigenvalue weighted by Crippen LogP contribution is -2.04. The molecule has 5 nitrogen and oxygen atoms in total. The first kappa shape index (κ1) is 11.4. The van der Waals surface area contributed by atoms with Gasteiger partial charge < -0.3 is 9.52 Å². The monoisotopic (exact) mass is 234 g/mol. The summed E-state index contributed by atoms with van der Waals surface area (Å²) in [5.74, 6) is -0.457. The van der Waals surface area contributed by atoms with E-state index in [1.165, 1.54) is 0 Å². The van der Waals surface area contributed by atoms with Gasteiger partial charge in [-0.15, -0.1) is 0 Å². The predicted molar refractivity (Wildman–Crippen MR) is 61.2 cm³/mol. The number of aryl methyl sites for hydroxylation is 3. The first-order valence-electron chi connectivity index (χ1n) is 5.31. The fraction of sp³-hybridized carbons (Fsp3) is 0.333. The molecule has 2 aromatic rings. The lowest BCUT2D eigenvalue weighted by atomic mass is 10.2. The zero-order valence-corrected chi connectivity index (χ0v) is 10.0. The number of aromatic nitrogens is 2. The van der Waals surface area contributed by atoms with Crippen molar-refractivity contribution in [1.82, 2.24) is 9.78 Å². The Kier molecular flexibility index (Phi) is 2.75. The van der Waals surface area contributed by atoms with Crippen LogP contribution in [-0.4, -0.2) is 20.9 Å². The van der Waals surface area contributed by atoms with E-state index in [0.717, 1.165) is 17.0 Å². The number of hydrogen-bond donors (Lipinski definition) is 1. The Labute approximate surface area is 98.7 Å². The topological polar surface area (TPSA) is 68.3 Å². The molecule has 1 N–H and O–H groups in total. The molecule has 2 rings (SSSR count). The Morgan fingerprint density at radius 3 is 2.59 bits per heavy atom. The first-order valence-corrected chi connectivity index (χ1v) is 5.31. The molecule has 0 aliphatic carbocycles. The minimum atomic E-state index is -1.05. The highest BCUT2D eigenvalue weighted by Crippen LogP contribution is 2.16. The number of rotatable bonds is 3. The highest BCUT2D eigenvalue weighted by molar-refractivity contribution is 5.84. The molecule has 5 heteroatoms. The van der Waals surface area contributed by atoms with E-state index in [1.54, 1.807) is 13.0 Å². The minimum Gasteiger partial charge on any atom is -0.475 e. The van der Waals surface area contributed by atoms with E-state index >= 15 is 0 Å². The van der Waals surface area contributed by atoms with Gasteiger partial charge in [-0.2, -0.15) is 5.10 Å². The number of aromatic carboxylic acids is 1. The van der Waals surface area contributed by atoms with Gasteiger partial charge in [0.1, 0.15) is 5.76 Å². The summed E-state index contributed by atoms with van der Waals surface area (Å²) in [5, 5.41) is 13.2. The van der Waals surface area contributed by atoms with Crippen LogP contribution in [0, 0.1) is 20.8 Å². The van der Waals surface area contributed by atoms with Crippen molar-refractivity contribution >= 4 is 5.97 Å². The second kappa shape index (κ2) is 4.08. The molecular formula is C12H14N2O3. The van der Waals surface area contributed by atoms with Crippen LogP contribution in [0.3, 0.4) is 0 Å². The van der Waals surface area contributed by atoms with E-state index in [-0.39, 0.29) is 5.76 Å². The van der Waals surface area contributed by atoms with E-state index in [4.69, 9.17) is 9.52 Å². The Balaban J connectivity index is 2.30. The molecule has 0 bridgehead atoms. The molecule has 0 aliphatic rings. The second-order valence-corrected chi connectivity index (χ2v) is 4.08. The molecule has 0 fully saturated rings. The van der Waals surface area contributed by atoms with Crippen molar-refractivity contribution in [2.75, 3.05) is 0 Å². The van der Waals surface area contributed by atoms with Crippen molar-refractivity contribution in [1.29, 1.82) is 0 Å². The molecular weight excluding hydrogens is 220 g/mol. The summed E-state index contributed by atoms with van der Waals surface area (Å²) < 4.78 is 6.99. The van der Waals surface area contributed by atoms with Gasteiger partial charge in [-0.3, -0.25) is 4.68 Å². The smallest absolute Gasteiger partial charge is 0.371 e. The fourth-order valence-electron chi connectivity index (χ4n) is 1.78. The van der Waals surface area contributed by atoms with Crippen molar-refractivity contribution in [3.8, 4) is 0 Å². The lowest BCUT2D eigenvalue weighted by Gasteiger charge is -2.02. The number of carboxylic acid groups (broad SMARTS) is 1. The number of furan rings is 1. The van der Waals surface area contributed by atoms with Gasteiger partial charge in [-0.05, 0) is 32.9 Å². The van der Waals surface area contributed by atoms with E-state index in [0.29, 0.717) is 12.3 Å². The van der Waals surface area contributed by atoms with E-state index < -0.39 is 5.97 Å². The van der Waals surface area contributed by atoms with Gasteiger partial charge in [0.05, 0.1) is 12.2 Å². The third kappa shape index (κ3) is 2.22. The van der Waals surface area contributed by atoms with E-state index in [2.05, 4.69) is 5.10 Å². The van der Waals surface area contributed by atoms with Gasteiger partial charge >= 0.3 is 5.97 Å². The van der Waals surface area contributed by atoms with Gasteiger partial charge in [0.25, 0.3) is 0 Å². The molecule has 0 amide bonds. The van der Waals surface area contributed by atoms with Crippen molar-refractivity contribution < 1.29 is 14.3 Å². The van der Waals surface area contributed by atoms with Crippen LogP contribution in [0.1, 0.15) is 33.3 Å². The van der Waals surface area contributed by atoms with Crippen molar-refractivity contribution in [2.24, 2.45) is 0 Å². The Morgan fingerprint density at radius 1 is 1.41 bits per heavy atom. The van der Waals surface area contributed by atoms with Crippen LogP contribution >= 0.6 is 0 Å². The summed E-state index contributed by atoms with van der Waals surface area (Å²) in [7, 11) is 0. The number of nitrogens with zero attached hydrogens (tertiary/aromatic N) is 2. The molecule has 0 spiro atoms. The number of carboxylic acids is 1. The van der Waals surface area contributed by atoms with Crippen LogP contribution in [0.4, 0.5) is 0 Å². The molecule has 0 unspecified atom stereocenters. The van der Waals surface area contributed by atoms with Crippen LogP contribution < -0.4 is 0 Å². The van der Waals surface area contributed by atoms with E-state index in [1.807, 2.05) is 24.6 Å². The minimum absolute atomic E-state index is 0.0287. The van der Waals surface area contributed by atoms with Crippen LogP contribution in [-0.2, 0) is 6.54 Å². The average Bonchev–Trinajstić information content (AvgIpc) is 2.73. The number of hydrogen-bond acceptors (Lipinski definition) is 3. The molecule has 0 saturated heterocycles. The zero-order chi connectivity index (χ0) is 12.6. The van der Waals surface area contributed by atoms with Gasteiger partial charge in [-0.25, -0.2) is 4.79 Å². The largest absolute Gasteiger partial charge is 0.475 e. The van der Waals surface area contributed by atoms with E-state index in [9.17, 15) is 4.79 Å². The maximum absolute atomic E-state index is 10.8. The third-order valence-electron chi connectivity index (χ3n) is 2.65. The quantitative estimate of drug-likeness (QED) is 0.883. The third-order valence-corrected chi connectivity index (χ3v) is 2.65. The zero-order valence-electron chi connectivity index (χ0n) is 10.0. The van der Waals surface area contributed by atoms with Crippen molar-refractivity contribution in [3.05, 3.63) is 40.6 Å². The average molecular weight is 234 g/mol. The van der Waals surface area contributed by atoms with Crippen LogP contribution in [0.5, 0.6) is 0 Å². The standard InChI is InChI=1S/C12H14N2O3/c1-7-4-8(2)14(13-7)6-10-5-11(12(15)16)17-9(10)3/h4-5H,6H2,1-3H3,(H,15,16). The molecule has 2 aromatic heterocycles. The van der Waals surface area contributed by atoms with Gasteiger partial charge in [0.15, 0.2) is 0 Å². The Hall–Kier alpha value is -2.04.